The lowest BCUT2D eigenvalue weighted by Gasteiger charge is -2.16. The summed E-state index contributed by atoms with van der Waals surface area (Å²) in [6, 6.07) is 21.0. The molecule has 6 heteroatoms. The average Bonchev–Trinajstić information content (AvgIpc) is 2.80. The zero-order chi connectivity index (χ0) is 22.7. The summed E-state index contributed by atoms with van der Waals surface area (Å²) in [5.74, 6) is 0.0199. The second kappa shape index (κ2) is 9.40. The summed E-state index contributed by atoms with van der Waals surface area (Å²) < 4.78 is 1.61. The fourth-order valence-corrected chi connectivity index (χ4v) is 4.55. The Balaban J connectivity index is 1.69. The minimum Gasteiger partial charge on any atom is -0.325 e. The van der Waals surface area contributed by atoms with Gasteiger partial charge >= 0.3 is 0 Å². The van der Waals surface area contributed by atoms with Gasteiger partial charge in [-0.05, 0) is 55.2 Å². The van der Waals surface area contributed by atoms with Crippen LogP contribution in [-0.2, 0) is 11.2 Å². The van der Waals surface area contributed by atoms with E-state index in [1.807, 2.05) is 74.5 Å². The Morgan fingerprint density at radius 1 is 0.969 bits per heavy atom. The Morgan fingerprint density at radius 3 is 2.47 bits per heavy atom. The molecule has 0 aliphatic carbocycles. The minimum absolute atomic E-state index is 0.127. The molecule has 1 amide bonds. The van der Waals surface area contributed by atoms with E-state index in [2.05, 4.69) is 12.2 Å². The lowest BCUT2D eigenvalue weighted by molar-refractivity contribution is -0.113. The van der Waals surface area contributed by atoms with E-state index < -0.39 is 0 Å². The molecule has 0 fully saturated rings. The third-order valence-electron chi connectivity index (χ3n) is 5.44. The van der Waals surface area contributed by atoms with Crippen LogP contribution in [0.4, 0.5) is 5.69 Å². The van der Waals surface area contributed by atoms with Gasteiger partial charge in [0.25, 0.3) is 5.56 Å². The highest BCUT2D eigenvalue weighted by molar-refractivity contribution is 7.99. The van der Waals surface area contributed by atoms with E-state index in [1.165, 1.54) is 11.8 Å². The Morgan fingerprint density at radius 2 is 1.69 bits per heavy atom. The maximum Gasteiger partial charge on any atom is 0.266 e. The molecule has 32 heavy (non-hydrogen) atoms. The van der Waals surface area contributed by atoms with Crippen LogP contribution in [0.1, 0.15) is 23.6 Å². The Labute approximate surface area is 191 Å². The molecule has 4 aromatic rings. The Hall–Kier alpha value is -3.38. The van der Waals surface area contributed by atoms with Gasteiger partial charge in [-0.1, -0.05) is 67.2 Å². The summed E-state index contributed by atoms with van der Waals surface area (Å²) in [7, 11) is 0. The van der Waals surface area contributed by atoms with Crippen molar-refractivity contribution in [3.63, 3.8) is 0 Å². The van der Waals surface area contributed by atoms with Gasteiger partial charge in [-0.3, -0.25) is 14.2 Å². The molecular weight excluding hydrogens is 418 g/mol. The number of fused-ring (bicyclic) bond motifs is 1. The van der Waals surface area contributed by atoms with Crippen molar-refractivity contribution in [2.75, 3.05) is 11.1 Å². The van der Waals surface area contributed by atoms with Crippen LogP contribution in [0.25, 0.3) is 16.6 Å². The number of anilines is 1. The number of aromatic nitrogens is 2. The fraction of sp³-hybridized carbons (Fsp3) is 0.192. The molecular formula is C26H25N3O2S. The van der Waals surface area contributed by atoms with Gasteiger partial charge in [-0.2, -0.15) is 0 Å². The highest BCUT2D eigenvalue weighted by Crippen LogP contribution is 2.25. The molecule has 4 rings (SSSR count). The summed E-state index contributed by atoms with van der Waals surface area (Å²) in [6.07, 6.45) is 0.837. The second-order valence-corrected chi connectivity index (χ2v) is 8.58. The number of thioether (sulfide) groups is 1. The number of nitrogens with one attached hydrogen (secondary N) is 1. The van der Waals surface area contributed by atoms with Crippen molar-refractivity contribution >= 4 is 34.3 Å². The molecule has 0 unspecified atom stereocenters. The standard InChI is InChI=1S/C26H25N3O2S/c1-4-19-12-9-11-18(3)24(19)28-23(30)16-32-26-27-21-14-7-6-13-20(21)25(31)29(26)22-15-8-5-10-17(22)2/h5-15H,4,16H2,1-3H3,(H,28,30). The molecule has 1 N–H and O–H groups in total. The van der Waals surface area contributed by atoms with E-state index in [0.717, 1.165) is 34.5 Å². The first-order valence-corrected chi connectivity index (χ1v) is 11.6. The first-order valence-electron chi connectivity index (χ1n) is 10.6. The summed E-state index contributed by atoms with van der Waals surface area (Å²) in [5, 5.41) is 4.10. The van der Waals surface area contributed by atoms with Crippen LogP contribution in [-0.4, -0.2) is 21.2 Å². The van der Waals surface area contributed by atoms with E-state index in [1.54, 1.807) is 10.6 Å². The topological polar surface area (TPSA) is 64.0 Å². The number of carbonyl (C=O) groups is 1. The number of hydrogen-bond donors (Lipinski definition) is 1. The number of carbonyl (C=O) groups excluding carboxylic acids is 1. The van der Waals surface area contributed by atoms with Crippen molar-refractivity contribution < 1.29 is 4.79 Å². The van der Waals surface area contributed by atoms with Crippen LogP contribution in [0.3, 0.4) is 0 Å². The van der Waals surface area contributed by atoms with Gasteiger partial charge in [0, 0.05) is 5.69 Å². The molecule has 162 valence electrons. The number of rotatable bonds is 6. The highest BCUT2D eigenvalue weighted by Gasteiger charge is 2.16. The van der Waals surface area contributed by atoms with Crippen LogP contribution in [0.15, 0.2) is 76.7 Å². The van der Waals surface area contributed by atoms with Crippen LogP contribution in [0.5, 0.6) is 0 Å². The van der Waals surface area contributed by atoms with Crippen molar-refractivity contribution in [1.29, 1.82) is 0 Å². The predicted molar refractivity (Wildman–Crippen MR) is 132 cm³/mol. The highest BCUT2D eigenvalue weighted by atomic mass is 32.2. The van der Waals surface area contributed by atoms with Crippen LogP contribution in [0.2, 0.25) is 0 Å². The van der Waals surface area contributed by atoms with Gasteiger partial charge in [-0.15, -0.1) is 0 Å². The molecule has 0 aliphatic heterocycles. The lowest BCUT2D eigenvalue weighted by Crippen LogP contribution is -2.23. The van der Waals surface area contributed by atoms with Gasteiger partial charge in [0.1, 0.15) is 0 Å². The Bertz CT molecular complexity index is 1360. The quantitative estimate of drug-likeness (QED) is 0.325. The maximum atomic E-state index is 13.4. The van der Waals surface area contributed by atoms with Crippen molar-refractivity contribution in [3.8, 4) is 5.69 Å². The van der Waals surface area contributed by atoms with Gasteiger partial charge in [-0.25, -0.2) is 4.98 Å². The normalized spacial score (nSPS) is 11.0. The fourth-order valence-electron chi connectivity index (χ4n) is 3.74. The second-order valence-electron chi connectivity index (χ2n) is 7.64. The van der Waals surface area contributed by atoms with Gasteiger partial charge in [0.2, 0.25) is 5.91 Å². The summed E-state index contributed by atoms with van der Waals surface area (Å²) in [5.41, 5.74) is 5.21. The molecule has 3 aromatic carbocycles. The smallest absolute Gasteiger partial charge is 0.266 e. The molecule has 5 nitrogen and oxygen atoms in total. The SMILES string of the molecule is CCc1cccc(C)c1NC(=O)CSc1nc2ccccc2c(=O)n1-c1ccccc1C. The minimum atomic E-state index is -0.139. The number of aryl methyl sites for hydroxylation is 3. The first-order chi connectivity index (χ1) is 15.5. The van der Waals surface area contributed by atoms with E-state index in [4.69, 9.17) is 4.98 Å². The van der Waals surface area contributed by atoms with Crippen LogP contribution in [0, 0.1) is 13.8 Å². The zero-order valence-corrected chi connectivity index (χ0v) is 19.2. The number of amides is 1. The monoisotopic (exact) mass is 443 g/mol. The predicted octanol–water partition coefficient (Wildman–Crippen LogP) is 5.30. The van der Waals surface area contributed by atoms with E-state index >= 15 is 0 Å². The average molecular weight is 444 g/mol. The number of hydrogen-bond acceptors (Lipinski definition) is 4. The van der Waals surface area contributed by atoms with Gasteiger partial charge in [0.15, 0.2) is 5.16 Å². The van der Waals surface area contributed by atoms with E-state index in [-0.39, 0.29) is 17.2 Å². The number of benzene rings is 3. The van der Waals surface area contributed by atoms with E-state index in [0.29, 0.717) is 16.1 Å². The lowest BCUT2D eigenvalue weighted by atomic mass is 10.1. The molecule has 0 atom stereocenters. The number of para-hydroxylation sites is 3. The van der Waals surface area contributed by atoms with Crippen molar-refractivity contribution in [2.45, 2.75) is 32.3 Å². The summed E-state index contributed by atoms with van der Waals surface area (Å²) in [6.45, 7) is 6.02. The molecule has 0 saturated heterocycles. The van der Waals surface area contributed by atoms with E-state index in [9.17, 15) is 9.59 Å². The largest absolute Gasteiger partial charge is 0.325 e. The van der Waals surface area contributed by atoms with Crippen molar-refractivity contribution in [3.05, 3.63) is 93.8 Å². The maximum absolute atomic E-state index is 13.4. The van der Waals surface area contributed by atoms with Crippen LogP contribution < -0.4 is 10.9 Å². The summed E-state index contributed by atoms with van der Waals surface area (Å²) >= 11 is 1.27. The third kappa shape index (κ3) is 4.32. The molecule has 0 saturated carbocycles. The van der Waals surface area contributed by atoms with Crippen molar-refractivity contribution in [2.24, 2.45) is 0 Å². The molecule has 1 heterocycles. The molecule has 0 radical (unpaired) electrons. The van der Waals surface area contributed by atoms with Gasteiger partial charge in [0.05, 0.1) is 22.3 Å². The molecule has 1 aromatic heterocycles. The van der Waals surface area contributed by atoms with Crippen molar-refractivity contribution in [1.82, 2.24) is 9.55 Å². The molecule has 0 spiro atoms. The van der Waals surface area contributed by atoms with Gasteiger partial charge < -0.3 is 5.32 Å². The third-order valence-corrected chi connectivity index (χ3v) is 6.38. The number of nitrogens with zero attached hydrogens (tertiary/aromatic N) is 2. The first kappa shape index (κ1) is 21.8. The summed E-state index contributed by atoms with van der Waals surface area (Å²) in [4.78, 5) is 30.9. The molecule has 0 aliphatic rings. The van der Waals surface area contributed by atoms with Crippen LogP contribution >= 0.6 is 11.8 Å². The Kier molecular flexibility index (Phi) is 6.42. The molecule has 0 bridgehead atoms. The zero-order valence-electron chi connectivity index (χ0n) is 18.4.